The third-order valence-corrected chi connectivity index (χ3v) is 6.17. The van der Waals surface area contributed by atoms with Crippen LogP contribution >= 0.6 is 23.4 Å². The zero-order valence-electron chi connectivity index (χ0n) is 12.4. The Bertz CT molecular complexity index is 392. The molecule has 3 atom stereocenters. The van der Waals surface area contributed by atoms with Gasteiger partial charge >= 0.3 is 0 Å². The number of halogens is 1. The van der Waals surface area contributed by atoms with Crippen molar-refractivity contribution in [3.63, 3.8) is 0 Å². The van der Waals surface area contributed by atoms with E-state index in [1.54, 1.807) is 0 Å². The van der Waals surface area contributed by atoms with Gasteiger partial charge in [-0.2, -0.15) is 11.8 Å². The highest BCUT2D eigenvalue weighted by atomic mass is 35.5. The summed E-state index contributed by atoms with van der Waals surface area (Å²) in [7, 11) is 0. The fourth-order valence-electron chi connectivity index (χ4n) is 3.20. The molecule has 0 aliphatic heterocycles. The molecule has 1 aromatic rings. The maximum atomic E-state index is 5.97. The van der Waals surface area contributed by atoms with E-state index in [0.717, 1.165) is 28.5 Å². The summed E-state index contributed by atoms with van der Waals surface area (Å²) in [6.45, 7) is 3.14. The average Bonchev–Trinajstić information content (AvgIpc) is 2.47. The van der Waals surface area contributed by atoms with Crippen LogP contribution in [-0.4, -0.2) is 11.8 Å². The van der Waals surface area contributed by atoms with Crippen molar-refractivity contribution in [3.05, 3.63) is 34.9 Å². The van der Waals surface area contributed by atoms with Gasteiger partial charge in [0, 0.05) is 16.0 Å². The lowest BCUT2D eigenvalue weighted by atomic mass is 9.80. The Balaban J connectivity index is 1.88. The van der Waals surface area contributed by atoms with Crippen LogP contribution in [-0.2, 0) is 5.75 Å². The molecule has 0 bridgehead atoms. The molecule has 20 heavy (non-hydrogen) atoms. The van der Waals surface area contributed by atoms with Crippen LogP contribution in [0.5, 0.6) is 0 Å². The molecule has 0 amide bonds. The van der Waals surface area contributed by atoms with Crippen LogP contribution in [0.2, 0.25) is 5.02 Å². The molecule has 1 aromatic carbocycles. The summed E-state index contributed by atoms with van der Waals surface area (Å²) < 4.78 is 0. The van der Waals surface area contributed by atoms with Crippen molar-refractivity contribution in [1.29, 1.82) is 0 Å². The van der Waals surface area contributed by atoms with E-state index in [0.29, 0.717) is 5.92 Å². The van der Waals surface area contributed by atoms with E-state index in [1.165, 1.54) is 37.7 Å². The smallest absolute Gasteiger partial charge is 0.0406 e. The van der Waals surface area contributed by atoms with Crippen molar-refractivity contribution >= 4 is 23.4 Å². The lowest BCUT2D eigenvalue weighted by Crippen LogP contribution is -2.32. The van der Waals surface area contributed by atoms with Crippen LogP contribution in [0.25, 0.3) is 0 Å². The molecular formula is C17H26ClNS. The van der Waals surface area contributed by atoms with Crippen molar-refractivity contribution in [2.45, 2.75) is 50.0 Å². The van der Waals surface area contributed by atoms with Crippen molar-refractivity contribution in [2.24, 2.45) is 17.6 Å². The molecule has 1 nitrogen and oxygen atoms in total. The number of hydrogen-bond donors (Lipinski definition) is 1. The van der Waals surface area contributed by atoms with Gasteiger partial charge in [-0.25, -0.2) is 0 Å². The Morgan fingerprint density at radius 2 is 2.00 bits per heavy atom. The topological polar surface area (TPSA) is 26.0 Å². The van der Waals surface area contributed by atoms with Crippen molar-refractivity contribution in [1.82, 2.24) is 0 Å². The Labute approximate surface area is 132 Å². The quantitative estimate of drug-likeness (QED) is 0.789. The predicted octanol–water partition coefficient (Wildman–Crippen LogP) is 5.12. The lowest BCUT2D eigenvalue weighted by molar-refractivity contribution is 0.276. The van der Waals surface area contributed by atoms with Gasteiger partial charge in [0.25, 0.3) is 0 Å². The SMILES string of the molecule is CCCC1CCC(CN)C(SCc2ccc(Cl)cc2)C1. The standard InChI is InChI=1S/C17H26ClNS/c1-2-3-13-4-7-15(11-19)17(10-13)20-12-14-5-8-16(18)9-6-14/h5-6,8-9,13,15,17H,2-4,7,10-12,19H2,1H3. The summed E-state index contributed by atoms with van der Waals surface area (Å²) in [6, 6.07) is 8.25. The molecular weight excluding hydrogens is 286 g/mol. The van der Waals surface area contributed by atoms with Gasteiger partial charge in [0.1, 0.15) is 0 Å². The van der Waals surface area contributed by atoms with Gasteiger partial charge in [0.2, 0.25) is 0 Å². The zero-order chi connectivity index (χ0) is 14.4. The summed E-state index contributed by atoms with van der Waals surface area (Å²) in [4.78, 5) is 0. The Morgan fingerprint density at radius 1 is 1.25 bits per heavy atom. The number of hydrogen-bond acceptors (Lipinski definition) is 2. The molecule has 3 unspecified atom stereocenters. The summed E-state index contributed by atoms with van der Waals surface area (Å²) in [5.41, 5.74) is 7.34. The third-order valence-electron chi connectivity index (χ3n) is 4.41. The van der Waals surface area contributed by atoms with E-state index >= 15 is 0 Å². The minimum Gasteiger partial charge on any atom is -0.330 e. The molecule has 1 aliphatic carbocycles. The average molecular weight is 312 g/mol. The predicted molar refractivity (Wildman–Crippen MR) is 91.3 cm³/mol. The zero-order valence-corrected chi connectivity index (χ0v) is 13.9. The van der Waals surface area contributed by atoms with Crippen LogP contribution in [0.4, 0.5) is 0 Å². The molecule has 3 heteroatoms. The first kappa shape index (κ1) is 16.2. The maximum Gasteiger partial charge on any atom is 0.0406 e. The van der Waals surface area contributed by atoms with Gasteiger partial charge in [-0.3, -0.25) is 0 Å². The second kappa shape index (κ2) is 8.31. The van der Waals surface area contributed by atoms with Crippen LogP contribution in [0.15, 0.2) is 24.3 Å². The second-order valence-electron chi connectivity index (χ2n) is 5.94. The molecule has 0 spiro atoms. The second-order valence-corrected chi connectivity index (χ2v) is 7.60. The minimum absolute atomic E-state index is 0.709. The number of benzene rings is 1. The maximum absolute atomic E-state index is 5.97. The van der Waals surface area contributed by atoms with Gasteiger partial charge in [-0.1, -0.05) is 49.9 Å². The van der Waals surface area contributed by atoms with E-state index in [-0.39, 0.29) is 0 Å². The first-order chi connectivity index (χ1) is 9.72. The first-order valence-electron chi connectivity index (χ1n) is 7.79. The van der Waals surface area contributed by atoms with Crippen molar-refractivity contribution in [2.75, 3.05) is 6.54 Å². The monoisotopic (exact) mass is 311 g/mol. The van der Waals surface area contributed by atoms with E-state index in [4.69, 9.17) is 17.3 Å². The van der Waals surface area contributed by atoms with Crippen molar-refractivity contribution in [3.8, 4) is 0 Å². The molecule has 2 rings (SSSR count). The highest BCUT2D eigenvalue weighted by Gasteiger charge is 2.29. The fraction of sp³-hybridized carbons (Fsp3) is 0.647. The fourth-order valence-corrected chi connectivity index (χ4v) is 4.86. The first-order valence-corrected chi connectivity index (χ1v) is 9.21. The Hall–Kier alpha value is -0.180. The number of rotatable bonds is 6. The lowest BCUT2D eigenvalue weighted by Gasteiger charge is -2.35. The van der Waals surface area contributed by atoms with E-state index < -0.39 is 0 Å². The molecule has 0 heterocycles. The Kier molecular flexibility index (Phi) is 6.73. The summed E-state index contributed by atoms with van der Waals surface area (Å²) in [6.07, 6.45) is 6.75. The molecule has 0 saturated heterocycles. The van der Waals surface area contributed by atoms with E-state index in [1.807, 2.05) is 12.1 Å². The molecule has 2 N–H and O–H groups in total. The van der Waals surface area contributed by atoms with Crippen LogP contribution < -0.4 is 5.73 Å². The molecule has 1 aliphatic rings. The van der Waals surface area contributed by atoms with Gasteiger partial charge in [0.05, 0.1) is 0 Å². The minimum atomic E-state index is 0.709. The molecule has 0 radical (unpaired) electrons. The Morgan fingerprint density at radius 3 is 2.65 bits per heavy atom. The van der Waals surface area contributed by atoms with Crippen LogP contribution in [0, 0.1) is 11.8 Å². The normalized spacial score (nSPS) is 26.6. The van der Waals surface area contributed by atoms with Gasteiger partial charge in [-0.05, 0) is 48.9 Å². The molecule has 1 saturated carbocycles. The number of thioether (sulfide) groups is 1. The van der Waals surface area contributed by atoms with Gasteiger partial charge in [-0.15, -0.1) is 0 Å². The highest BCUT2D eigenvalue weighted by molar-refractivity contribution is 7.99. The third kappa shape index (κ3) is 4.68. The summed E-state index contributed by atoms with van der Waals surface area (Å²) in [5, 5.41) is 1.56. The van der Waals surface area contributed by atoms with Gasteiger partial charge in [0.15, 0.2) is 0 Å². The largest absolute Gasteiger partial charge is 0.330 e. The van der Waals surface area contributed by atoms with Crippen molar-refractivity contribution < 1.29 is 0 Å². The van der Waals surface area contributed by atoms with Gasteiger partial charge < -0.3 is 5.73 Å². The van der Waals surface area contributed by atoms with Crippen LogP contribution in [0.3, 0.4) is 0 Å². The number of nitrogens with two attached hydrogens (primary N) is 1. The van der Waals surface area contributed by atoms with Crippen LogP contribution in [0.1, 0.15) is 44.6 Å². The molecule has 1 fully saturated rings. The summed E-state index contributed by atoms with van der Waals surface area (Å²) in [5.74, 6) is 2.71. The van der Waals surface area contributed by atoms with E-state index in [2.05, 4.69) is 30.8 Å². The van der Waals surface area contributed by atoms with E-state index in [9.17, 15) is 0 Å². The summed E-state index contributed by atoms with van der Waals surface area (Å²) >= 11 is 8.03. The molecule has 0 aromatic heterocycles. The molecule has 112 valence electrons. The highest BCUT2D eigenvalue weighted by Crippen LogP contribution is 2.39.